The van der Waals surface area contributed by atoms with Gasteiger partial charge in [0.1, 0.15) is 5.82 Å². The number of nitrogens with two attached hydrogens (primary N) is 1. The summed E-state index contributed by atoms with van der Waals surface area (Å²) < 4.78 is 43.9. The van der Waals surface area contributed by atoms with Gasteiger partial charge in [0.15, 0.2) is 17.3 Å². The first-order chi connectivity index (χ1) is 13.8. The molecule has 0 bridgehead atoms. The van der Waals surface area contributed by atoms with Crippen LogP contribution in [0.1, 0.15) is 12.8 Å². The van der Waals surface area contributed by atoms with E-state index >= 15 is 0 Å². The highest BCUT2D eigenvalue weighted by Gasteiger charge is 2.39. The molecule has 2 N–H and O–H groups in total. The number of aryl methyl sites for hydroxylation is 1. The molecule has 29 heavy (non-hydrogen) atoms. The summed E-state index contributed by atoms with van der Waals surface area (Å²) in [7, 11) is -2.07. The van der Waals surface area contributed by atoms with E-state index in [1.165, 1.54) is 4.68 Å². The molecule has 152 valence electrons. The van der Waals surface area contributed by atoms with Gasteiger partial charge in [-0.1, -0.05) is 11.6 Å². The molecular weight excluding hydrogens is 422 g/mol. The van der Waals surface area contributed by atoms with Crippen LogP contribution in [0.2, 0.25) is 5.02 Å². The van der Waals surface area contributed by atoms with E-state index in [9.17, 15) is 8.42 Å². The predicted octanol–water partition coefficient (Wildman–Crippen LogP) is 2.11. The van der Waals surface area contributed by atoms with Crippen molar-refractivity contribution in [1.29, 1.82) is 0 Å². The van der Waals surface area contributed by atoms with Crippen LogP contribution in [0.4, 0.5) is 5.82 Å². The Morgan fingerprint density at radius 2 is 2.07 bits per heavy atom. The summed E-state index contributed by atoms with van der Waals surface area (Å²) in [5.74, 6) is 1.26. The van der Waals surface area contributed by atoms with E-state index in [0.717, 1.165) is 0 Å². The molecule has 1 saturated carbocycles. The molecule has 2 aromatic heterocycles. The van der Waals surface area contributed by atoms with E-state index in [1.807, 2.05) is 0 Å². The van der Waals surface area contributed by atoms with Crippen LogP contribution in [-0.4, -0.2) is 40.0 Å². The van der Waals surface area contributed by atoms with Crippen LogP contribution in [0.5, 0.6) is 17.4 Å². The van der Waals surface area contributed by atoms with E-state index in [4.69, 9.17) is 31.0 Å². The zero-order chi connectivity index (χ0) is 20.3. The molecule has 3 aromatic rings. The molecule has 0 amide bonds. The first-order valence-electron chi connectivity index (χ1n) is 8.75. The van der Waals surface area contributed by atoms with Gasteiger partial charge in [-0.15, -0.1) is 5.10 Å². The molecule has 1 aliphatic carbocycles. The van der Waals surface area contributed by atoms with Crippen molar-refractivity contribution >= 4 is 27.5 Å². The number of ether oxygens (including phenoxy) is 2. The predicted molar refractivity (Wildman–Crippen MR) is 104 cm³/mol. The molecule has 0 unspecified atom stereocenters. The number of hydrogen-bond acceptors (Lipinski definition) is 8. The van der Waals surface area contributed by atoms with Crippen molar-refractivity contribution in [1.82, 2.24) is 19.6 Å². The molecule has 0 spiro atoms. The van der Waals surface area contributed by atoms with Crippen LogP contribution >= 0.6 is 11.6 Å². The highest BCUT2D eigenvalue weighted by atomic mass is 35.5. The number of benzene rings is 1. The maximum atomic E-state index is 12.5. The van der Waals surface area contributed by atoms with Crippen LogP contribution in [0.15, 0.2) is 24.4 Å². The van der Waals surface area contributed by atoms with E-state index < -0.39 is 15.4 Å². The Morgan fingerprint density at radius 3 is 2.76 bits per heavy atom. The summed E-state index contributed by atoms with van der Waals surface area (Å²) in [4.78, 5) is 0. The van der Waals surface area contributed by atoms with Crippen molar-refractivity contribution in [3.63, 3.8) is 0 Å². The van der Waals surface area contributed by atoms with Crippen LogP contribution in [0.3, 0.4) is 0 Å². The summed E-state index contributed by atoms with van der Waals surface area (Å²) in [6.45, 7) is 0.0423. The second kappa shape index (κ2) is 6.29. The summed E-state index contributed by atoms with van der Waals surface area (Å²) in [6, 6.07) is 4.95. The van der Waals surface area contributed by atoms with E-state index in [-0.39, 0.29) is 24.1 Å². The second-order valence-corrected chi connectivity index (χ2v) is 9.02. The van der Waals surface area contributed by atoms with Crippen molar-refractivity contribution in [3.05, 3.63) is 29.4 Å². The highest BCUT2D eigenvalue weighted by Crippen LogP contribution is 2.46. The number of hydrogen-bond donors (Lipinski definition) is 1. The molecule has 0 atom stereocenters. The van der Waals surface area contributed by atoms with Gasteiger partial charge in [-0.05, 0) is 30.5 Å². The number of anilines is 1. The average molecular weight is 438 g/mol. The van der Waals surface area contributed by atoms with Crippen molar-refractivity contribution in [3.8, 4) is 34.3 Å². The van der Waals surface area contributed by atoms with Gasteiger partial charge in [0, 0.05) is 19.3 Å². The first kappa shape index (κ1) is 18.1. The molecule has 10 nitrogen and oxygen atoms in total. The van der Waals surface area contributed by atoms with Crippen molar-refractivity contribution in [2.24, 2.45) is 7.05 Å². The second-order valence-electron chi connectivity index (χ2n) is 6.79. The lowest BCUT2D eigenvalue weighted by Gasteiger charge is -2.08. The highest BCUT2D eigenvalue weighted by molar-refractivity contribution is 7.88. The fourth-order valence-electron chi connectivity index (χ4n) is 3.08. The van der Waals surface area contributed by atoms with Gasteiger partial charge in [-0.2, -0.15) is 18.2 Å². The minimum absolute atomic E-state index is 0.0423. The van der Waals surface area contributed by atoms with Crippen molar-refractivity contribution in [2.45, 2.75) is 18.1 Å². The maximum Gasteiger partial charge on any atom is 0.313 e. The molecule has 2 aliphatic rings. The zero-order valence-electron chi connectivity index (χ0n) is 15.2. The third-order valence-electron chi connectivity index (χ3n) is 4.65. The molecule has 1 aliphatic heterocycles. The lowest BCUT2D eigenvalue weighted by Crippen LogP contribution is -2.15. The molecule has 12 heteroatoms. The fraction of sp³-hybridized carbons (Fsp3) is 0.294. The lowest BCUT2D eigenvalue weighted by atomic mass is 10.1. The Bertz CT molecular complexity index is 1230. The third kappa shape index (κ3) is 3.06. The van der Waals surface area contributed by atoms with Crippen molar-refractivity contribution in [2.75, 3.05) is 12.5 Å². The smallest absolute Gasteiger partial charge is 0.313 e. The normalized spacial score (nSPS) is 15.7. The summed E-state index contributed by atoms with van der Waals surface area (Å²) in [5, 5.41) is 8.33. The Kier molecular flexibility index (Phi) is 3.93. The SMILES string of the molecule is Cn1ccc(-n2nc(OS(=O)(=O)C3CC3)c(-c3cc(Cl)c4c(c3)OCO4)c2N)n1. The minimum atomic E-state index is -3.82. The van der Waals surface area contributed by atoms with Gasteiger partial charge in [0.2, 0.25) is 6.79 Å². The quantitative estimate of drug-likeness (QED) is 0.602. The lowest BCUT2D eigenvalue weighted by molar-refractivity contribution is 0.174. The summed E-state index contributed by atoms with van der Waals surface area (Å²) >= 11 is 6.30. The fourth-order valence-corrected chi connectivity index (χ4v) is 4.53. The largest absolute Gasteiger partial charge is 0.454 e. The first-order valence-corrected chi connectivity index (χ1v) is 10.6. The Balaban J connectivity index is 1.68. The molecule has 1 aromatic carbocycles. The standard InChI is InChI=1S/C17H16ClN5O5S/c1-22-5-4-13(20-22)23-16(19)14(17(21-23)28-29(24,25)10-2-3-10)9-6-11(18)15-12(7-9)26-8-27-15/h4-7,10H,2-3,8,19H2,1H3. The number of fused-ring (bicyclic) bond motifs is 1. The van der Waals surface area contributed by atoms with E-state index in [1.54, 1.807) is 36.1 Å². The third-order valence-corrected chi connectivity index (χ3v) is 6.61. The molecule has 5 rings (SSSR count). The Labute approximate surface area is 170 Å². The molecule has 1 fully saturated rings. The minimum Gasteiger partial charge on any atom is -0.454 e. The maximum absolute atomic E-state index is 12.5. The van der Waals surface area contributed by atoms with Gasteiger partial charge in [-0.25, -0.2) is 0 Å². The van der Waals surface area contributed by atoms with Gasteiger partial charge >= 0.3 is 10.1 Å². The van der Waals surface area contributed by atoms with Gasteiger partial charge in [-0.3, -0.25) is 4.68 Å². The monoisotopic (exact) mass is 437 g/mol. The number of rotatable bonds is 5. The van der Waals surface area contributed by atoms with Gasteiger partial charge in [0.25, 0.3) is 5.88 Å². The topological polar surface area (TPSA) is 123 Å². The van der Waals surface area contributed by atoms with Crippen LogP contribution in [-0.2, 0) is 17.2 Å². The Morgan fingerprint density at radius 1 is 1.28 bits per heavy atom. The van der Waals surface area contributed by atoms with Crippen LogP contribution < -0.4 is 19.4 Å². The molecule has 3 heterocycles. The van der Waals surface area contributed by atoms with Crippen molar-refractivity contribution < 1.29 is 22.1 Å². The number of nitrogen functional groups attached to an aromatic ring is 1. The summed E-state index contributed by atoms with van der Waals surface area (Å²) in [5.41, 5.74) is 7.11. The van der Waals surface area contributed by atoms with E-state index in [2.05, 4.69) is 10.2 Å². The van der Waals surface area contributed by atoms with E-state index in [0.29, 0.717) is 40.7 Å². The zero-order valence-corrected chi connectivity index (χ0v) is 16.8. The average Bonchev–Trinajstić information content (AvgIpc) is 3.15. The number of halogens is 1. The Hall–Kier alpha value is -2.92. The van der Waals surface area contributed by atoms with Gasteiger partial charge in [0.05, 0.1) is 15.8 Å². The summed E-state index contributed by atoms with van der Waals surface area (Å²) in [6.07, 6.45) is 2.84. The molecule has 0 saturated heterocycles. The van der Waals surface area contributed by atoms with Gasteiger partial charge < -0.3 is 19.4 Å². The molecule has 0 radical (unpaired) electrons. The number of aromatic nitrogens is 4. The van der Waals surface area contributed by atoms with Crippen LogP contribution in [0, 0.1) is 0 Å². The van der Waals surface area contributed by atoms with Crippen LogP contribution in [0.25, 0.3) is 16.9 Å². The molecular formula is C17H16ClN5O5S. The number of nitrogens with zero attached hydrogens (tertiary/aromatic N) is 4.